The maximum atomic E-state index is 2.73. The number of hydrogen-bond acceptors (Lipinski definition) is 2. The standard InChI is InChI=1S/C15H34N2Si/c1-6-11-12-15-18(16(9-4)13-7-2)17(10-5)14-8-3/h12,15,18H,6-11,13-14H2,1-5H3. The summed E-state index contributed by atoms with van der Waals surface area (Å²) < 4.78 is 5.46. The zero-order valence-corrected chi connectivity index (χ0v) is 14.4. The molecule has 0 aromatic heterocycles. The molecule has 0 radical (unpaired) electrons. The lowest BCUT2D eigenvalue weighted by atomic mass is 10.3. The summed E-state index contributed by atoms with van der Waals surface area (Å²) in [4.78, 5) is 0. The van der Waals surface area contributed by atoms with Gasteiger partial charge in [0.15, 0.2) is 0 Å². The minimum absolute atomic E-state index is 1.04. The SMILES string of the molecule is CCCC=C[SiH](N(CC)CCC)N(CC)CCC. The van der Waals surface area contributed by atoms with Gasteiger partial charge < -0.3 is 9.13 Å². The Morgan fingerprint density at radius 2 is 1.28 bits per heavy atom. The van der Waals surface area contributed by atoms with Crippen molar-refractivity contribution >= 4 is 9.12 Å². The van der Waals surface area contributed by atoms with Gasteiger partial charge in [0.1, 0.15) is 0 Å². The molecule has 0 atom stereocenters. The number of unbranched alkanes of at least 4 members (excludes halogenated alkanes) is 1. The van der Waals surface area contributed by atoms with E-state index in [0.29, 0.717) is 0 Å². The van der Waals surface area contributed by atoms with Crippen LogP contribution in [0.4, 0.5) is 0 Å². The van der Waals surface area contributed by atoms with Crippen LogP contribution < -0.4 is 0 Å². The predicted molar refractivity (Wildman–Crippen MR) is 86.3 cm³/mol. The fraction of sp³-hybridized carbons (Fsp3) is 0.867. The molecule has 0 unspecified atom stereocenters. The van der Waals surface area contributed by atoms with Crippen molar-refractivity contribution in [2.45, 2.75) is 60.3 Å². The lowest BCUT2D eigenvalue weighted by molar-refractivity contribution is 0.365. The smallest absolute Gasteiger partial charge is 0.215 e. The minimum atomic E-state index is -1.04. The molecule has 0 aliphatic heterocycles. The van der Waals surface area contributed by atoms with Crippen LogP contribution in [0.3, 0.4) is 0 Å². The molecule has 0 saturated heterocycles. The van der Waals surface area contributed by atoms with Gasteiger partial charge in [-0.15, -0.1) is 0 Å². The fourth-order valence-corrected chi connectivity index (χ4v) is 5.57. The summed E-state index contributed by atoms with van der Waals surface area (Å²) in [7, 11) is -1.04. The first-order chi connectivity index (χ1) is 8.74. The van der Waals surface area contributed by atoms with E-state index in [1.165, 1.54) is 51.9 Å². The lowest BCUT2D eigenvalue weighted by Gasteiger charge is -2.35. The first-order valence-corrected chi connectivity index (χ1v) is 9.59. The highest BCUT2D eigenvalue weighted by Gasteiger charge is 2.21. The van der Waals surface area contributed by atoms with Crippen molar-refractivity contribution in [2.75, 3.05) is 26.2 Å². The van der Waals surface area contributed by atoms with Crippen molar-refractivity contribution in [3.63, 3.8) is 0 Å². The van der Waals surface area contributed by atoms with E-state index in [1.807, 2.05) is 0 Å². The quantitative estimate of drug-likeness (QED) is 0.530. The highest BCUT2D eigenvalue weighted by Crippen LogP contribution is 2.07. The maximum Gasteiger partial charge on any atom is 0.215 e. The van der Waals surface area contributed by atoms with E-state index < -0.39 is 9.12 Å². The van der Waals surface area contributed by atoms with Crippen molar-refractivity contribution in [1.82, 2.24) is 9.13 Å². The van der Waals surface area contributed by atoms with E-state index in [4.69, 9.17) is 0 Å². The summed E-state index contributed by atoms with van der Waals surface area (Å²) in [6.07, 6.45) is 7.45. The second-order valence-electron chi connectivity index (χ2n) is 4.89. The van der Waals surface area contributed by atoms with E-state index in [0.717, 1.165) is 0 Å². The molecule has 0 amide bonds. The predicted octanol–water partition coefficient (Wildman–Crippen LogP) is 3.57. The van der Waals surface area contributed by atoms with Gasteiger partial charge >= 0.3 is 0 Å². The molecule has 0 aliphatic carbocycles. The van der Waals surface area contributed by atoms with Gasteiger partial charge in [-0.05, 0) is 45.4 Å². The van der Waals surface area contributed by atoms with Crippen molar-refractivity contribution in [3.8, 4) is 0 Å². The second-order valence-corrected chi connectivity index (χ2v) is 7.56. The normalized spacial score (nSPS) is 12.4. The Hall–Kier alpha value is -0.123. The molecule has 0 spiro atoms. The molecule has 0 aliphatic rings. The minimum Gasteiger partial charge on any atom is -0.311 e. The summed E-state index contributed by atoms with van der Waals surface area (Å²) in [5.74, 6) is 0. The lowest BCUT2D eigenvalue weighted by Crippen LogP contribution is -2.52. The Morgan fingerprint density at radius 3 is 1.61 bits per heavy atom. The fourth-order valence-electron chi connectivity index (χ4n) is 2.39. The molecule has 0 bridgehead atoms. The zero-order chi connectivity index (χ0) is 13.8. The van der Waals surface area contributed by atoms with Gasteiger partial charge in [-0.25, -0.2) is 0 Å². The Kier molecular flexibility index (Phi) is 11.9. The molecule has 3 heteroatoms. The highest BCUT2D eigenvalue weighted by atomic mass is 28.3. The second kappa shape index (κ2) is 11.9. The first kappa shape index (κ1) is 17.9. The third-order valence-corrected chi connectivity index (χ3v) is 6.71. The summed E-state index contributed by atoms with van der Waals surface area (Å²) in [6, 6.07) is 0. The molecular weight excluding hydrogens is 236 g/mol. The van der Waals surface area contributed by atoms with Crippen LogP contribution in [0.5, 0.6) is 0 Å². The third-order valence-electron chi connectivity index (χ3n) is 3.35. The van der Waals surface area contributed by atoms with Crippen LogP contribution in [-0.2, 0) is 0 Å². The average molecular weight is 271 g/mol. The molecule has 18 heavy (non-hydrogen) atoms. The molecule has 2 nitrogen and oxygen atoms in total. The van der Waals surface area contributed by atoms with E-state index in [2.05, 4.69) is 55.5 Å². The third kappa shape index (κ3) is 6.71. The van der Waals surface area contributed by atoms with Gasteiger partial charge in [0.25, 0.3) is 0 Å². The van der Waals surface area contributed by atoms with Crippen LogP contribution in [0.1, 0.15) is 60.3 Å². The number of allylic oxidation sites excluding steroid dienone is 1. The molecule has 0 aromatic rings. The highest BCUT2D eigenvalue weighted by molar-refractivity contribution is 6.58. The molecule has 0 fully saturated rings. The molecule has 0 aromatic carbocycles. The van der Waals surface area contributed by atoms with Crippen LogP contribution in [0.25, 0.3) is 0 Å². The van der Waals surface area contributed by atoms with Crippen LogP contribution in [-0.4, -0.2) is 44.4 Å². The number of nitrogens with zero attached hydrogens (tertiary/aromatic N) is 2. The van der Waals surface area contributed by atoms with E-state index in [9.17, 15) is 0 Å². The van der Waals surface area contributed by atoms with Gasteiger partial charge in [0.2, 0.25) is 9.12 Å². The Morgan fingerprint density at radius 1 is 0.778 bits per heavy atom. The Balaban J connectivity index is 4.74. The van der Waals surface area contributed by atoms with Crippen LogP contribution in [0.15, 0.2) is 11.8 Å². The van der Waals surface area contributed by atoms with Gasteiger partial charge in [-0.3, -0.25) is 0 Å². The van der Waals surface area contributed by atoms with Gasteiger partial charge in [0, 0.05) is 0 Å². The summed E-state index contributed by atoms with van der Waals surface area (Å²) in [5, 5.41) is 0. The largest absolute Gasteiger partial charge is 0.311 e. The summed E-state index contributed by atoms with van der Waals surface area (Å²) in [5.41, 5.74) is 2.56. The van der Waals surface area contributed by atoms with Crippen LogP contribution >= 0.6 is 0 Å². The van der Waals surface area contributed by atoms with Crippen molar-refractivity contribution in [1.29, 1.82) is 0 Å². The first-order valence-electron chi connectivity index (χ1n) is 7.89. The molecule has 0 heterocycles. The van der Waals surface area contributed by atoms with E-state index >= 15 is 0 Å². The van der Waals surface area contributed by atoms with Crippen LogP contribution in [0, 0.1) is 0 Å². The molecule has 0 saturated carbocycles. The van der Waals surface area contributed by atoms with E-state index in [1.54, 1.807) is 0 Å². The number of hydrogen-bond donors (Lipinski definition) is 0. The molecule has 108 valence electrons. The van der Waals surface area contributed by atoms with Crippen molar-refractivity contribution < 1.29 is 0 Å². The van der Waals surface area contributed by atoms with Crippen molar-refractivity contribution in [3.05, 3.63) is 11.8 Å². The topological polar surface area (TPSA) is 6.48 Å². The molecular formula is C15H34N2Si. The van der Waals surface area contributed by atoms with Crippen LogP contribution in [0.2, 0.25) is 0 Å². The molecule has 0 N–H and O–H groups in total. The number of rotatable bonds is 11. The van der Waals surface area contributed by atoms with Gasteiger partial charge in [-0.1, -0.05) is 52.8 Å². The summed E-state index contributed by atoms with van der Waals surface area (Å²) in [6.45, 7) is 16.4. The molecule has 0 rings (SSSR count). The average Bonchev–Trinajstić information content (AvgIpc) is 2.39. The summed E-state index contributed by atoms with van der Waals surface area (Å²) >= 11 is 0. The monoisotopic (exact) mass is 270 g/mol. The van der Waals surface area contributed by atoms with E-state index in [-0.39, 0.29) is 0 Å². The maximum absolute atomic E-state index is 2.73. The van der Waals surface area contributed by atoms with Crippen molar-refractivity contribution in [2.24, 2.45) is 0 Å². The zero-order valence-electron chi connectivity index (χ0n) is 13.3. The Bertz CT molecular complexity index is 193. The van der Waals surface area contributed by atoms with Gasteiger partial charge in [-0.2, -0.15) is 0 Å². The Labute approximate surface area is 117 Å². The van der Waals surface area contributed by atoms with Gasteiger partial charge in [0.05, 0.1) is 0 Å².